The number of carbonyl (C=O) groups excluding carboxylic acids is 1. The van der Waals surface area contributed by atoms with Gasteiger partial charge in [-0.15, -0.1) is 0 Å². The molecule has 0 bridgehead atoms. The molecule has 1 aliphatic heterocycles. The first kappa shape index (κ1) is 33.6. The zero-order chi connectivity index (χ0) is 33.0. The van der Waals surface area contributed by atoms with Gasteiger partial charge in [-0.2, -0.15) is 0 Å². The van der Waals surface area contributed by atoms with Crippen molar-refractivity contribution in [2.45, 2.75) is 26.5 Å². The first-order valence-electron chi connectivity index (χ1n) is 14.1. The van der Waals surface area contributed by atoms with Gasteiger partial charge in [0.25, 0.3) is 5.56 Å². The number of halogens is 3. The van der Waals surface area contributed by atoms with E-state index in [9.17, 15) is 9.59 Å². The molecule has 4 aromatic rings. The Labute approximate surface area is 287 Å². The molecular formula is C33H29BrCl2N2O7S. The van der Waals surface area contributed by atoms with Crippen molar-refractivity contribution < 1.29 is 28.5 Å². The summed E-state index contributed by atoms with van der Waals surface area (Å²) in [6, 6.07) is 13.2. The molecule has 9 nitrogen and oxygen atoms in total. The third-order valence-corrected chi connectivity index (χ3v) is 8.99. The van der Waals surface area contributed by atoms with Crippen LogP contribution in [0.5, 0.6) is 23.0 Å². The van der Waals surface area contributed by atoms with Crippen molar-refractivity contribution in [2.24, 2.45) is 4.99 Å². The molecule has 1 aliphatic rings. The Morgan fingerprint density at radius 2 is 1.76 bits per heavy atom. The Bertz CT molecular complexity index is 2010. The van der Waals surface area contributed by atoms with Gasteiger partial charge < -0.3 is 23.7 Å². The maximum Gasteiger partial charge on any atom is 0.337 e. The number of thiazole rings is 1. The minimum atomic E-state index is -0.833. The highest BCUT2D eigenvalue weighted by Gasteiger charge is 2.31. The molecule has 0 radical (unpaired) electrons. The molecule has 46 heavy (non-hydrogen) atoms. The molecule has 13 heteroatoms. The normalized spacial score (nSPS) is 14.2. The van der Waals surface area contributed by atoms with Crippen LogP contribution in [0.15, 0.2) is 74.6 Å². The zero-order valence-corrected chi connectivity index (χ0v) is 29.2. The number of rotatable bonds is 11. The lowest BCUT2D eigenvalue weighted by Gasteiger charge is -2.23. The molecule has 0 fully saturated rings. The number of methoxy groups -OCH3 is 2. The average molecular weight is 748 g/mol. The van der Waals surface area contributed by atoms with Gasteiger partial charge in [-0.25, -0.2) is 9.79 Å². The summed E-state index contributed by atoms with van der Waals surface area (Å²) >= 11 is 17.2. The summed E-state index contributed by atoms with van der Waals surface area (Å²) in [7, 11) is 2.82. The van der Waals surface area contributed by atoms with E-state index in [4.69, 9.17) is 46.9 Å². The largest absolute Gasteiger partial charge is 0.493 e. The predicted octanol–water partition coefficient (Wildman–Crippen LogP) is 6.47. The lowest BCUT2D eigenvalue weighted by atomic mass is 9.97. The number of hydrogen-bond donors (Lipinski definition) is 0. The van der Waals surface area contributed by atoms with Gasteiger partial charge in [-0.3, -0.25) is 9.36 Å². The molecule has 0 saturated heterocycles. The maximum absolute atomic E-state index is 14.2. The van der Waals surface area contributed by atoms with Crippen LogP contribution >= 0.6 is 50.5 Å². The SMILES string of the molecule is CCOc1ccc([C@@H]2C(C(=O)OC)=CN=c3s/c(=C/c4cc(Br)cc(OC)c4OCc4ccc(Cl)cc4Cl)c(=O)n32)cc1OCC. The topological polar surface area (TPSA) is 97.6 Å². The number of benzene rings is 3. The van der Waals surface area contributed by atoms with Gasteiger partial charge in [-0.1, -0.05) is 62.6 Å². The number of esters is 1. The van der Waals surface area contributed by atoms with Crippen molar-refractivity contribution in [1.82, 2.24) is 4.57 Å². The summed E-state index contributed by atoms with van der Waals surface area (Å²) < 4.78 is 31.1. The van der Waals surface area contributed by atoms with Crippen molar-refractivity contribution in [1.29, 1.82) is 0 Å². The fourth-order valence-electron chi connectivity index (χ4n) is 4.92. The molecule has 0 amide bonds. The molecule has 0 aliphatic carbocycles. The molecule has 2 heterocycles. The molecule has 1 atom stereocenters. The Balaban J connectivity index is 1.64. The molecule has 5 rings (SSSR count). The summed E-state index contributed by atoms with van der Waals surface area (Å²) in [6.45, 7) is 4.71. The Morgan fingerprint density at radius 3 is 2.46 bits per heavy atom. The second-order valence-electron chi connectivity index (χ2n) is 9.80. The van der Waals surface area contributed by atoms with E-state index < -0.39 is 12.0 Å². The predicted molar refractivity (Wildman–Crippen MR) is 181 cm³/mol. The number of nitrogens with zero attached hydrogens (tertiary/aromatic N) is 2. The maximum atomic E-state index is 14.2. The monoisotopic (exact) mass is 746 g/mol. The Morgan fingerprint density at radius 1 is 1.00 bits per heavy atom. The highest BCUT2D eigenvalue weighted by atomic mass is 79.9. The first-order valence-corrected chi connectivity index (χ1v) is 16.5. The lowest BCUT2D eigenvalue weighted by Crippen LogP contribution is -2.39. The number of ether oxygens (including phenoxy) is 5. The quantitative estimate of drug-likeness (QED) is 0.162. The lowest BCUT2D eigenvalue weighted by molar-refractivity contribution is -0.136. The van der Waals surface area contributed by atoms with Crippen LogP contribution in [0, 0.1) is 0 Å². The van der Waals surface area contributed by atoms with E-state index in [2.05, 4.69) is 20.9 Å². The fraction of sp³-hybridized carbons (Fsp3) is 0.242. The number of fused-ring (bicyclic) bond motifs is 1. The summed E-state index contributed by atoms with van der Waals surface area (Å²) in [4.78, 5) is 32.0. The summed E-state index contributed by atoms with van der Waals surface area (Å²) in [6.07, 6.45) is 3.15. The Hall–Kier alpha value is -3.77. The number of aromatic nitrogens is 1. The highest BCUT2D eigenvalue weighted by molar-refractivity contribution is 9.10. The van der Waals surface area contributed by atoms with Gasteiger partial charge in [0.1, 0.15) is 6.61 Å². The van der Waals surface area contributed by atoms with Crippen molar-refractivity contribution >= 4 is 62.5 Å². The van der Waals surface area contributed by atoms with E-state index in [1.807, 2.05) is 19.9 Å². The van der Waals surface area contributed by atoms with E-state index in [1.54, 1.807) is 48.5 Å². The van der Waals surface area contributed by atoms with Crippen LogP contribution in [0.1, 0.15) is 36.6 Å². The zero-order valence-electron chi connectivity index (χ0n) is 25.3. The van der Waals surface area contributed by atoms with E-state index in [-0.39, 0.29) is 17.7 Å². The van der Waals surface area contributed by atoms with E-state index in [0.29, 0.717) is 71.2 Å². The minimum Gasteiger partial charge on any atom is -0.493 e. The van der Waals surface area contributed by atoms with Gasteiger partial charge >= 0.3 is 5.97 Å². The van der Waals surface area contributed by atoms with Crippen LogP contribution in [-0.2, 0) is 16.1 Å². The third kappa shape index (κ3) is 6.97. The summed E-state index contributed by atoms with van der Waals surface area (Å²) in [5, 5.41) is 0.973. The molecule has 0 unspecified atom stereocenters. The van der Waals surface area contributed by atoms with Gasteiger partial charge in [0, 0.05) is 31.8 Å². The molecular weight excluding hydrogens is 719 g/mol. The van der Waals surface area contributed by atoms with Gasteiger partial charge in [0.15, 0.2) is 27.8 Å². The molecule has 0 saturated carbocycles. The second kappa shape index (κ2) is 14.8. The molecule has 240 valence electrons. The van der Waals surface area contributed by atoms with Crippen molar-refractivity contribution in [3.63, 3.8) is 0 Å². The summed E-state index contributed by atoms with van der Waals surface area (Å²) in [5.74, 6) is 1.29. The summed E-state index contributed by atoms with van der Waals surface area (Å²) in [5.41, 5.74) is 1.75. The molecule has 0 N–H and O–H groups in total. The van der Waals surface area contributed by atoms with E-state index >= 15 is 0 Å². The van der Waals surface area contributed by atoms with Crippen molar-refractivity contribution in [2.75, 3.05) is 27.4 Å². The highest BCUT2D eigenvalue weighted by Crippen LogP contribution is 2.37. The number of carbonyl (C=O) groups is 1. The first-order chi connectivity index (χ1) is 22.2. The molecule has 1 aromatic heterocycles. The molecule has 3 aromatic carbocycles. The van der Waals surface area contributed by atoms with Crippen LogP contribution < -0.4 is 33.8 Å². The Kier molecular flexibility index (Phi) is 10.8. The van der Waals surface area contributed by atoms with E-state index in [0.717, 1.165) is 5.56 Å². The van der Waals surface area contributed by atoms with Crippen LogP contribution in [0.3, 0.4) is 0 Å². The number of hydrogen-bond acceptors (Lipinski definition) is 9. The average Bonchev–Trinajstić information content (AvgIpc) is 3.35. The molecule has 0 spiro atoms. The van der Waals surface area contributed by atoms with Gasteiger partial charge in [0.2, 0.25) is 0 Å². The smallest absolute Gasteiger partial charge is 0.337 e. The van der Waals surface area contributed by atoms with E-state index in [1.165, 1.54) is 36.3 Å². The van der Waals surface area contributed by atoms with Crippen LogP contribution in [0.2, 0.25) is 10.0 Å². The van der Waals surface area contributed by atoms with Crippen LogP contribution in [0.4, 0.5) is 0 Å². The third-order valence-electron chi connectivity index (χ3n) is 6.95. The second-order valence-corrected chi connectivity index (χ2v) is 12.6. The van der Waals surface area contributed by atoms with Gasteiger partial charge in [0.05, 0.1) is 43.6 Å². The standard InChI is InChI=1S/C33H29BrCl2N2O7S/c1-5-43-25-10-8-18(12-26(25)44-6-2)29-23(32(40)42-4)16-37-33-38(29)31(39)28(46-33)13-20-11-21(34)14-27(41-3)30(20)45-17-19-7-9-22(35)15-24(19)36/h7-16,29H,5-6,17H2,1-4H3/b28-13+/t29-/m1/s1. The fourth-order valence-corrected chi connectivity index (χ4v) is 6.80. The minimum absolute atomic E-state index is 0.123. The van der Waals surface area contributed by atoms with Gasteiger partial charge in [-0.05, 0) is 61.9 Å². The van der Waals surface area contributed by atoms with Crippen molar-refractivity contribution in [3.05, 3.63) is 111 Å². The van der Waals surface area contributed by atoms with Crippen LogP contribution in [-0.4, -0.2) is 38.0 Å². The van der Waals surface area contributed by atoms with Crippen molar-refractivity contribution in [3.8, 4) is 23.0 Å². The van der Waals surface area contributed by atoms with Crippen LogP contribution in [0.25, 0.3) is 6.08 Å².